The molecule has 0 bridgehead atoms. The molecule has 1 aromatic carbocycles. The molecule has 0 saturated carbocycles. The first-order chi connectivity index (χ1) is 13.2. The molecule has 1 aromatic rings. The molecule has 2 fully saturated rings. The zero-order chi connectivity index (χ0) is 21.8. The van der Waals surface area contributed by atoms with Crippen LogP contribution in [0.1, 0.15) is 23.1 Å². The number of rotatable bonds is 2. The number of halogens is 6. The zero-order valence-electron chi connectivity index (χ0n) is 14.2. The Labute approximate surface area is 170 Å². The quantitative estimate of drug-likeness (QED) is 0.366. The summed E-state index contributed by atoms with van der Waals surface area (Å²) < 4.78 is 101. The van der Waals surface area contributed by atoms with Gasteiger partial charge in [0.15, 0.2) is 9.84 Å². The van der Waals surface area contributed by atoms with Gasteiger partial charge in [-0.25, -0.2) is 8.42 Å². The Morgan fingerprint density at radius 1 is 1.07 bits per heavy atom. The largest absolute Gasteiger partial charge is 0.416 e. The third kappa shape index (κ3) is 4.77. The van der Waals surface area contributed by atoms with Crippen LogP contribution in [0.25, 0.3) is 6.08 Å². The molecule has 0 spiro atoms. The van der Waals surface area contributed by atoms with Crippen LogP contribution in [0.15, 0.2) is 23.1 Å². The maximum atomic E-state index is 13.0. The van der Waals surface area contributed by atoms with Crippen molar-refractivity contribution < 1.29 is 39.6 Å². The molecule has 1 amide bonds. The van der Waals surface area contributed by atoms with Crippen LogP contribution in [-0.2, 0) is 27.0 Å². The molecule has 2 heterocycles. The molecular formula is C16H11F6NO3S3. The summed E-state index contributed by atoms with van der Waals surface area (Å²) in [6.07, 6.45) is -8.97. The van der Waals surface area contributed by atoms with E-state index in [1.807, 2.05) is 0 Å². The van der Waals surface area contributed by atoms with Gasteiger partial charge in [-0.1, -0.05) is 24.0 Å². The number of carbonyl (C=O) groups excluding carboxylic acids is 1. The van der Waals surface area contributed by atoms with Crippen molar-refractivity contribution >= 4 is 50.1 Å². The number of hydrogen-bond acceptors (Lipinski definition) is 5. The van der Waals surface area contributed by atoms with Gasteiger partial charge in [-0.15, -0.1) is 0 Å². The van der Waals surface area contributed by atoms with Gasteiger partial charge >= 0.3 is 12.4 Å². The number of amides is 1. The van der Waals surface area contributed by atoms with Crippen LogP contribution < -0.4 is 0 Å². The van der Waals surface area contributed by atoms with Gasteiger partial charge < -0.3 is 0 Å². The summed E-state index contributed by atoms with van der Waals surface area (Å²) in [4.78, 5) is 13.5. The molecule has 0 aromatic heterocycles. The number of alkyl halides is 6. The van der Waals surface area contributed by atoms with E-state index in [2.05, 4.69) is 0 Å². The van der Waals surface area contributed by atoms with Gasteiger partial charge in [-0.3, -0.25) is 9.69 Å². The van der Waals surface area contributed by atoms with E-state index in [4.69, 9.17) is 12.2 Å². The molecule has 2 aliphatic rings. The molecule has 1 atom stereocenters. The summed E-state index contributed by atoms with van der Waals surface area (Å²) in [6, 6.07) is 0.293. The minimum absolute atomic E-state index is 0.00590. The second kappa shape index (κ2) is 7.27. The van der Waals surface area contributed by atoms with Crippen molar-refractivity contribution in [3.63, 3.8) is 0 Å². The van der Waals surface area contributed by atoms with Gasteiger partial charge in [0, 0.05) is 0 Å². The molecule has 1 unspecified atom stereocenters. The molecule has 158 valence electrons. The highest BCUT2D eigenvalue weighted by Gasteiger charge is 2.42. The standard InChI is InChI=1S/C16H11F6NO3S3/c17-15(18,19)9-3-8(4-10(6-9)16(20,21)22)5-12-13(24)23(14(27)28-12)11-1-2-29(25,26)7-11/h3-6,11H,1-2,7H2/b12-5-. The lowest BCUT2D eigenvalue weighted by Crippen LogP contribution is -2.39. The van der Waals surface area contributed by atoms with Crippen LogP contribution >= 0.6 is 24.0 Å². The van der Waals surface area contributed by atoms with E-state index in [9.17, 15) is 39.6 Å². The van der Waals surface area contributed by atoms with Gasteiger partial charge in [-0.05, 0) is 36.3 Å². The van der Waals surface area contributed by atoms with E-state index in [0.717, 1.165) is 11.0 Å². The maximum absolute atomic E-state index is 13.0. The molecule has 4 nitrogen and oxygen atoms in total. The van der Waals surface area contributed by atoms with Crippen LogP contribution in [0.3, 0.4) is 0 Å². The van der Waals surface area contributed by atoms with Crippen LogP contribution in [0.2, 0.25) is 0 Å². The van der Waals surface area contributed by atoms with Crippen molar-refractivity contribution in [3.05, 3.63) is 39.8 Å². The van der Waals surface area contributed by atoms with Gasteiger partial charge in [0.1, 0.15) is 4.32 Å². The van der Waals surface area contributed by atoms with E-state index in [0.29, 0.717) is 23.9 Å². The number of sulfone groups is 1. The topological polar surface area (TPSA) is 54.5 Å². The lowest BCUT2D eigenvalue weighted by Gasteiger charge is -2.20. The molecule has 2 saturated heterocycles. The first kappa shape index (κ1) is 22.1. The normalized spacial score (nSPS) is 24.0. The first-order valence-corrected chi connectivity index (χ1v) is 11.0. The highest BCUT2D eigenvalue weighted by Crippen LogP contribution is 2.39. The van der Waals surface area contributed by atoms with Gasteiger partial charge in [0.25, 0.3) is 5.91 Å². The fourth-order valence-corrected chi connectivity index (χ4v) is 6.09. The Kier molecular flexibility index (Phi) is 5.54. The summed E-state index contributed by atoms with van der Waals surface area (Å²) in [7, 11) is -3.33. The predicted molar refractivity (Wildman–Crippen MR) is 98.5 cm³/mol. The van der Waals surface area contributed by atoms with Gasteiger partial charge in [0.05, 0.1) is 33.6 Å². The van der Waals surface area contributed by atoms with E-state index < -0.39 is 50.8 Å². The Hall–Kier alpha value is -1.60. The molecule has 29 heavy (non-hydrogen) atoms. The van der Waals surface area contributed by atoms with Crippen LogP contribution in [0.5, 0.6) is 0 Å². The Bertz CT molecular complexity index is 981. The minimum Gasteiger partial charge on any atom is -0.289 e. The average Bonchev–Trinajstić information content (AvgIpc) is 3.04. The smallest absolute Gasteiger partial charge is 0.289 e. The highest BCUT2D eigenvalue weighted by atomic mass is 32.2. The second-order valence-electron chi connectivity index (χ2n) is 6.45. The Morgan fingerprint density at radius 3 is 2.07 bits per heavy atom. The molecular weight excluding hydrogens is 464 g/mol. The maximum Gasteiger partial charge on any atom is 0.416 e. The molecule has 13 heteroatoms. The molecule has 0 aliphatic carbocycles. The van der Waals surface area contributed by atoms with Crippen molar-refractivity contribution in [1.29, 1.82) is 0 Å². The predicted octanol–water partition coefficient (Wildman–Crippen LogP) is 4.11. The third-order valence-electron chi connectivity index (χ3n) is 4.30. The van der Waals surface area contributed by atoms with Crippen LogP contribution in [-0.4, -0.2) is 41.1 Å². The monoisotopic (exact) mass is 475 g/mol. The number of thiocarbonyl (C=S) groups is 1. The summed E-state index contributed by atoms with van der Waals surface area (Å²) in [6.45, 7) is 0. The average molecular weight is 475 g/mol. The van der Waals surface area contributed by atoms with E-state index in [-0.39, 0.29) is 33.2 Å². The zero-order valence-corrected chi connectivity index (χ0v) is 16.6. The fraction of sp³-hybridized carbons (Fsp3) is 0.375. The summed E-state index contributed by atoms with van der Waals surface area (Å²) in [5.74, 6) is -1.17. The van der Waals surface area contributed by atoms with Gasteiger partial charge in [0.2, 0.25) is 0 Å². The number of benzene rings is 1. The molecule has 3 rings (SSSR count). The summed E-state index contributed by atoms with van der Waals surface area (Å²) in [5, 5.41) is 0. The Balaban J connectivity index is 1.98. The van der Waals surface area contributed by atoms with Crippen molar-refractivity contribution in [2.75, 3.05) is 11.5 Å². The summed E-state index contributed by atoms with van der Waals surface area (Å²) >= 11 is 5.77. The van der Waals surface area contributed by atoms with Crippen molar-refractivity contribution in [3.8, 4) is 0 Å². The van der Waals surface area contributed by atoms with Crippen molar-refractivity contribution in [2.24, 2.45) is 0 Å². The fourth-order valence-electron chi connectivity index (χ4n) is 2.99. The number of nitrogens with zero attached hydrogens (tertiary/aromatic N) is 1. The number of carbonyl (C=O) groups is 1. The van der Waals surface area contributed by atoms with Gasteiger partial charge in [-0.2, -0.15) is 26.3 Å². The second-order valence-corrected chi connectivity index (χ2v) is 10.4. The lowest BCUT2D eigenvalue weighted by molar-refractivity contribution is -0.143. The molecule has 0 N–H and O–H groups in total. The minimum atomic E-state index is -5.01. The summed E-state index contributed by atoms with van der Waals surface area (Å²) in [5.41, 5.74) is -3.47. The SMILES string of the molecule is O=C1/C(=C/c2cc(C(F)(F)F)cc(C(F)(F)F)c2)SC(=S)N1C1CCS(=O)(=O)C1. The molecule has 2 aliphatic heterocycles. The Morgan fingerprint density at radius 2 is 1.62 bits per heavy atom. The first-order valence-electron chi connectivity index (χ1n) is 7.94. The molecule has 0 radical (unpaired) electrons. The number of thioether (sulfide) groups is 1. The van der Waals surface area contributed by atoms with E-state index >= 15 is 0 Å². The third-order valence-corrected chi connectivity index (χ3v) is 7.39. The van der Waals surface area contributed by atoms with Crippen LogP contribution in [0, 0.1) is 0 Å². The highest BCUT2D eigenvalue weighted by molar-refractivity contribution is 8.26. The van der Waals surface area contributed by atoms with Crippen molar-refractivity contribution in [2.45, 2.75) is 24.8 Å². The van der Waals surface area contributed by atoms with Crippen LogP contribution in [0.4, 0.5) is 26.3 Å². The lowest BCUT2D eigenvalue weighted by atomic mass is 10.0. The van der Waals surface area contributed by atoms with E-state index in [1.165, 1.54) is 0 Å². The van der Waals surface area contributed by atoms with Crippen molar-refractivity contribution in [1.82, 2.24) is 4.90 Å². The number of hydrogen-bond donors (Lipinski definition) is 0. The van der Waals surface area contributed by atoms with E-state index in [1.54, 1.807) is 0 Å².